The Kier molecular flexibility index (Phi) is 4.43. The van der Waals surface area contributed by atoms with E-state index >= 15 is 0 Å². The molecule has 4 nitrogen and oxygen atoms in total. The normalized spacial score (nSPS) is 19.6. The minimum Gasteiger partial charge on any atom is -0.493 e. The lowest BCUT2D eigenvalue weighted by Crippen LogP contribution is -2.26. The number of rotatable bonds is 5. The Hall–Kier alpha value is -1.55. The van der Waals surface area contributed by atoms with E-state index in [9.17, 15) is 4.79 Å². The van der Waals surface area contributed by atoms with Gasteiger partial charge in [-0.25, -0.2) is 0 Å². The van der Waals surface area contributed by atoms with Crippen molar-refractivity contribution in [3.05, 3.63) is 29.3 Å². The number of primary amides is 1. The van der Waals surface area contributed by atoms with Crippen LogP contribution in [-0.4, -0.2) is 19.6 Å². The molecule has 1 aromatic rings. The zero-order chi connectivity index (χ0) is 13.8. The third-order valence-electron chi connectivity index (χ3n) is 3.76. The van der Waals surface area contributed by atoms with Crippen LogP contribution in [0.25, 0.3) is 0 Å². The number of carbonyl (C=O) groups is 1. The number of hydrogen-bond acceptors (Lipinski definition) is 3. The second-order valence-corrected chi connectivity index (χ2v) is 5.21. The zero-order valence-electron chi connectivity index (χ0n) is 11.6. The van der Waals surface area contributed by atoms with Gasteiger partial charge in [0.2, 0.25) is 5.91 Å². The molecule has 0 radical (unpaired) electrons. The summed E-state index contributed by atoms with van der Waals surface area (Å²) in [5, 5.41) is 3.34. The van der Waals surface area contributed by atoms with Crippen LogP contribution in [0.3, 0.4) is 0 Å². The van der Waals surface area contributed by atoms with E-state index in [2.05, 4.69) is 17.4 Å². The number of benzene rings is 1. The van der Waals surface area contributed by atoms with Crippen LogP contribution in [0.2, 0.25) is 0 Å². The van der Waals surface area contributed by atoms with Crippen molar-refractivity contribution in [1.29, 1.82) is 0 Å². The van der Waals surface area contributed by atoms with Crippen LogP contribution >= 0.6 is 0 Å². The van der Waals surface area contributed by atoms with Gasteiger partial charge >= 0.3 is 0 Å². The second kappa shape index (κ2) is 6.06. The summed E-state index contributed by atoms with van der Waals surface area (Å²) in [6.45, 7) is 2.11. The van der Waals surface area contributed by atoms with Gasteiger partial charge in [0.1, 0.15) is 5.75 Å². The summed E-state index contributed by atoms with van der Waals surface area (Å²) < 4.78 is 5.64. The first kappa shape index (κ1) is 13.9. The summed E-state index contributed by atoms with van der Waals surface area (Å²) in [5.41, 5.74) is 7.93. The first-order valence-electron chi connectivity index (χ1n) is 6.84. The molecule has 2 rings (SSSR count). The van der Waals surface area contributed by atoms with E-state index in [4.69, 9.17) is 10.5 Å². The Bertz CT molecular complexity index is 459. The van der Waals surface area contributed by atoms with Gasteiger partial charge < -0.3 is 15.8 Å². The van der Waals surface area contributed by atoms with E-state index in [1.54, 1.807) is 6.92 Å². The fraction of sp³-hybridized carbons (Fsp3) is 0.533. The monoisotopic (exact) mass is 262 g/mol. The average molecular weight is 262 g/mol. The van der Waals surface area contributed by atoms with Crippen molar-refractivity contribution in [3.63, 3.8) is 0 Å². The maximum absolute atomic E-state index is 11.0. The lowest BCUT2D eigenvalue weighted by atomic mass is 9.87. The number of nitrogens with one attached hydrogen (secondary N) is 1. The molecule has 0 bridgehead atoms. The third-order valence-corrected chi connectivity index (χ3v) is 3.76. The SMILES string of the molecule is CNC1CCCc2cc(OCC(C)C(N)=O)ccc21. The molecule has 19 heavy (non-hydrogen) atoms. The fourth-order valence-electron chi connectivity index (χ4n) is 2.48. The zero-order valence-corrected chi connectivity index (χ0v) is 11.6. The van der Waals surface area contributed by atoms with Crippen molar-refractivity contribution < 1.29 is 9.53 Å². The maximum atomic E-state index is 11.0. The van der Waals surface area contributed by atoms with Gasteiger partial charge in [0.15, 0.2) is 0 Å². The van der Waals surface area contributed by atoms with Gasteiger partial charge in [-0.3, -0.25) is 4.79 Å². The van der Waals surface area contributed by atoms with Gasteiger partial charge in [-0.1, -0.05) is 13.0 Å². The average Bonchev–Trinajstić information content (AvgIpc) is 2.43. The highest BCUT2D eigenvalue weighted by atomic mass is 16.5. The number of amides is 1. The first-order valence-corrected chi connectivity index (χ1v) is 6.84. The fourth-order valence-corrected chi connectivity index (χ4v) is 2.48. The molecule has 1 aliphatic carbocycles. The van der Waals surface area contributed by atoms with Gasteiger partial charge in [0, 0.05) is 6.04 Å². The molecule has 0 heterocycles. The molecule has 1 aromatic carbocycles. The molecule has 0 aliphatic heterocycles. The van der Waals surface area contributed by atoms with Crippen LogP contribution in [0.15, 0.2) is 18.2 Å². The molecule has 0 spiro atoms. The first-order chi connectivity index (χ1) is 9.11. The van der Waals surface area contributed by atoms with E-state index in [0.717, 1.165) is 12.2 Å². The van der Waals surface area contributed by atoms with E-state index in [1.165, 1.54) is 24.0 Å². The van der Waals surface area contributed by atoms with Crippen molar-refractivity contribution in [2.45, 2.75) is 32.2 Å². The summed E-state index contributed by atoms with van der Waals surface area (Å²) in [7, 11) is 2.00. The second-order valence-electron chi connectivity index (χ2n) is 5.21. The molecule has 1 aliphatic rings. The van der Waals surface area contributed by atoms with Gasteiger partial charge in [0.25, 0.3) is 0 Å². The largest absolute Gasteiger partial charge is 0.493 e. The number of hydrogen-bond donors (Lipinski definition) is 2. The van der Waals surface area contributed by atoms with Crippen molar-refractivity contribution in [3.8, 4) is 5.75 Å². The molecular weight excluding hydrogens is 240 g/mol. The Balaban J connectivity index is 2.06. The predicted molar refractivity (Wildman–Crippen MR) is 75.0 cm³/mol. The molecule has 0 saturated heterocycles. The molecule has 104 valence electrons. The van der Waals surface area contributed by atoms with E-state index in [-0.39, 0.29) is 11.8 Å². The molecule has 0 aromatic heterocycles. The molecule has 1 amide bonds. The molecule has 2 atom stereocenters. The molecule has 3 N–H and O–H groups in total. The Morgan fingerprint density at radius 1 is 1.58 bits per heavy atom. The standard InChI is InChI=1S/C15H22N2O2/c1-10(15(16)18)9-19-12-6-7-13-11(8-12)4-3-5-14(13)17-2/h6-8,10,14,17H,3-5,9H2,1-2H3,(H2,16,18). The minimum atomic E-state index is -0.326. The number of nitrogens with two attached hydrogens (primary N) is 1. The van der Waals surface area contributed by atoms with E-state index < -0.39 is 0 Å². The van der Waals surface area contributed by atoms with Crippen LogP contribution in [0.1, 0.15) is 36.9 Å². The lowest BCUT2D eigenvalue weighted by molar-refractivity contribution is -0.122. The Labute approximate surface area is 114 Å². The third kappa shape index (κ3) is 3.26. The topological polar surface area (TPSA) is 64.3 Å². The highest BCUT2D eigenvalue weighted by molar-refractivity contribution is 5.76. The smallest absolute Gasteiger partial charge is 0.223 e. The van der Waals surface area contributed by atoms with Gasteiger partial charge in [0.05, 0.1) is 12.5 Å². The Morgan fingerprint density at radius 2 is 2.37 bits per heavy atom. The van der Waals surface area contributed by atoms with Crippen molar-refractivity contribution in [1.82, 2.24) is 5.32 Å². The lowest BCUT2D eigenvalue weighted by Gasteiger charge is -2.25. The minimum absolute atomic E-state index is 0.263. The number of ether oxygens (including phenoxy) is 1. The number of carbonyl (C=O) groups excluding carboxylic acids is 1. The van der Waals surface area contributed by atoms with Gasteiger partial charge in [-0.2, -0.15) is 0 Å². The van der Waals surface area contributed by atoms with E-state index in [0.29, 0.717) is 12.6 Å². The van der Waals surface area contributed by atoms with Crippen molar-refractivity contribution in [2.24, 2.45) is 11.7 Å². The predicted octanol–water partition coefficient (Wildman–Crippen LogP) is 1.78. The number of aryl methyl sites for hydroxylation is 1. The van der Waals surface area contributed by atoms with E-state index in [1.807, 2.05) is 13.1 Å². The quantitative estimate of drug-likeness (QED) is 0.850. The summed E-state index contributed by atoms with van der Waals surface area (Å²) in [6, 6.07) is 6.64. The summed E-state index contributed by atoms with van der Waals surface area (Å²) in [6.07, 6.45) is 3.47. The van der Waals surface area contributed by atoms with Gasteiger partial charge in [-0.05, 0) is 49.6 Å². The molecule has 2 unspecified atom stereocenters. The van der Waals surface area contributed by atoms with Crippen molar-refractivity contribution >= 4 is 5.91 Å². The van der Waals surface area contributed by atoms with Crippen LogP contribution < -0.4 is 15.8 Å². The highest BCUT2D eigenvalue weighted by Crippen LogP contribution is 2.31. The molecule has 0 fully saturated rings. The summed E-state index contributed by atoms with van der Waals surface area (Å²) in [4.78, 5) is 11.0. The van der Waals surface area contributed by atoms with Crippen LogP contribution in [0.5, 0.6) is 5.75 Å². The summed E-state index contributed by atoms with van der Waals surface area (Å²) in [5.74, 6) is 0.234. The molecular formula is C15H22N2O2. The highest BCUT2D eigenvalue weighted by Gasteiger charge is 2.19. The maximum Gasteiger partial charge on any atom is 0.223 e. The van der Waals surface area contributed by atoms with Gasteiger partial charge in [-0.15, -0.1) is 0 Å². The van der Waals surface area contributed by atoms with Crippen molar-refractivity contribution in [2.75, 3.05) is 13.7 Å². The van der Waals surface area contributed by atoms with Crippen LogP contribution in [0.4, 0.5) is 0 Å². The van der Waals surface area contributed by atoms with Crippen LogP contribution in [0, 0.1) is 5.92 Å². The summed E-state index contributed by atoms with van der Waals surface area (Å²) >= 11 is 0. The molecule has 4 heteroatoms. The Morgan fingerprint density at radius 3 is 3.05 bits per heavy atom. The van der Waals surface area contributed by atoms with Crippen LogP contribution in [-0.2, 0) is 11.2 Å². The number of fused-ring (bicyclic) bond motifs is 1. The molecule has 0 saturated carbocycles.